The maximum absolute atomic E-state index is 12.4. The van der Waals surface area contributed by atoms with Crippen LogP contribution in [0.15, 0.2) is 41.6 Å². The van der Waals surface area contributed by atoms with E-state index in [1.807, 2.05) is 0 Å². The molecular weight excluding hydrogens is 314 g/mol. The minimum atomic E-state index is -0.421. The number of anilines is 1. The summed E-state index contributed by atoms with van der Waals surface area (Å²) in [5, 5.41) is 6.71. The van der Waals surface area contributed by atoms with Gasteiger partial charge < -0.3 is 10.1 Å². The zero-order chi connectivity index (χ0) is 16.7. The third kappa shape index (κ3) is 2.32. The van der Waals surface area contributed by atoms with Crippen molar-refractivity contribution < 1.29 is 14.3 Å². The number of hydrogen-bond donors (Lipinski definition) is 1. The number of hydrogen-bond acceptors (Lipinski definition) is 6. The predicted molar refractivity (Wildman–Crippen MR) is 82.1 cm³/mol. The lowest BCUT2D eigenvalue weighted by atomic mass is 10.1. The molecule has 1 amide bonds. The van der Waals surface area contributed by atoms with E-state index in [1.165, 1.54) is 29.1 Å². The number of ether oxygens (including phenoxy) is 1. The van der Waals surface area contributed by atoms with Crippen molar-refractivity contribution in [1.29, 1.82) is 0 Å². The Balaban J connectivity index is 1.64. The normalized spacial score (nSPS) is 13.2. The molecule has 0 saturated carbocycles. The van der Waals surface area contributed by atoms with E-state index in [1.54, 1.807) is 12.1 Å². The quantitative estimate of drug-likeness (QED) is 0.685. The number of carbonyl (C=O) groups is 2. The molecule has 0 spiro atoms. The largest absolute Gasteiger partial charge is 0.482 e. The molecule has 0 saturated heterocycles. The van der Waals surface area contributed by atoms with Crippen molar-refractivity contribution in [2.45, 2.75) is 6.54 Å². The Morgan fingerprint density at radius 3 is 3.04 bits per heavy atom. The Hall–Kier alpha value is -3.49. The number of nitrogens with one attached hydrogen (secondary N) is 1. The van der Waals surface area contributed by atoms with E-state index in [-0.39, 0.29) is 24.8 Å². The monoisotopic (exact) mass is 325 g/mol. The standard InChI is InChI=1S/C15H11N5O4/c21-11(7-20-15(23)19-4-3-16-6-13(19)18-20)9-1-2-12-10(5-9)17-14(22)8-24-12/h1-6H,7-8H2,(H,17,22). The topological polar surface area (TPSA) is 108 Å². The van der Waals surface area contributed by atoms with Gasteiger partial charge in [-0.15, -0.1) is 5.10 Å². The van der Waals surface area contributed by atoms with Gasteiger partial charge in [0.2, 0.25) is 0 Å². The molecule has 0 unspecified atom stereocenters. The summed E-state index contributed by atoms with van der Waals surface area (Å²) in [4.78, 5) is 39.9. The van der Waals surface area contributed by atoms with Crippen molar-refractivity contribution in [3.05, 3.63) is 52.8 Å². The van der Waals surface area contributed by atoms with Gasteiger partial charge in [0.25, 0.3) is 5.91 Å². The molecule has 24 heavy (non-hydrogen) atoms. The zero-order valence-electron chi connectivity index (χ0n) is 12.3. The van der Waals surface area contributed by atoms with E-state index in [4.69, 9.17) is 4.74 Å². The lowest BCUT2D eigenvalue weighted by Crippen LogP contribution is -2.26. The second-order valence-corrected chi connectivity index (χ2v) is 5.22. The fourth-order valence-corrected chi connectivity index (χ4v) is 2.47. The van der Waals surface area contributed by atoms with Gasteiger partial charge in [0, 0.05) is 18.0 Å². The van der Waals surface area contributed by atoms with Crippen LogP contribution in [-0.2, 0) is 11.3 Å². The predicted octanol–water partition coefficient (Wildman–Crippen LogP) is 0.105. The summed E-state index contributed by atoms with van der Waals surface area (Å²) in [6.07, 6.45) is 4.39. The lowest BCUT2D eigenvalue weighted by Gasteiger charge is -2.18. The Bertz CT molecular complexity index is 1040. The van der Waals surface area contributed by atoms with Gasteiger partial charge >= 0.3 is 5.69 Å². The number of carbonyl (C=O) groups excluding carboxylic acids is 2. The Labute approximate surface area is 134 Å². The van der Waals surface area contributed by atoms with Gasteiger partial charge in [-0.3, -0.25) is 14.6 Å². The molecule has 1 aliphatic rings. The molecule has 1 N–H and O–H groups in total. The van der Waals surface area contributed by atoms with Gasteiger partial charge in [-0.25, -0.2) is 13.9 Å². The SMILES string of the molecule is O=C1COc2ccc(C(=O)Cn3nc4cnccn4c3=O)cc2N1. The summed E-state index contributed by atoms with van der Waals surface area (Å²) < 4.78 is 7.63. The summed E-state index contributed by atoms with van der Waals surface area (Å²) in [6, 6.07) is 4.72. The summed E-state index contributed by atoms with van der Waals surface area (Å²) in [5.41, 5.74) is 0.724. The first-order valence-corrected chi connectivity index (χ1v) is 7.11. The zero-order valence-corrected chi connectivity index (χ0v) is 12.3. The molecule has 0 aliphatic carbocycles. The molecule has 0 fully saturated rings. The fourth-order valence-electron chi connectivity index (χ4n) is 2.47. The summed E-state index contributed by atoms with van der Waals surface area (Å²) in [5.74, 6) is -0.0885. The highest BCUT2D eigenvalue weighted by atomic mass is 16.5. The first kappa shape index (κ1) is 14.1. The molecule has 1 aliphatic heterocycles. The molecule has 120 valence electrons. The average molecular weight is 325 g/mol. The Morgan fingerprint density at radius 1 is 1.33 bits per heavy atom. The molecule has 0 radical (unpaired) electrons. The first-order valence-electron chi connectivity index (χ1n) is 7.11. The molecule has 2 aromatic heterocycles. The number of benzene rings is 1. The maximum Gasteiger partial charge on any atom is 0.350 e. The summed E-state index contributed by atoms with van der Waals surface area (Å²) >= 11 is 0. The van der Waals surface area contributed by atoms with Crippen LogP contribution in [0.1, 0.15) is 10.4 Å². The molecule has 9 nitrogen and oxygen atoms in total. The molecule has 9 heteroatoms. The number of ketones is 1. The van der Waals surface area contributed by atoms with Crippen molar-refractivity contribution in [2.24, 2.45) is 0 Å². The van der Waals surface area contributed by atoms with Gasteiger partial charge in [0.15, 0.2) is 18.0 Å². The average Bonchev–Trinajstić information content (AvgIpc) is 2.90. The van der Waals surface area contributed by atoms with E-state index in [2.05, 4.69) is 15.4 Å². The number of amides is 1. The molecule has 3 heterocycles. The van der Waals surface area contributed by atoms with Gasteiger partial charge in [0.1, 0.15) is 12.3 Å². The molecule has 0 atom stereocenters. The third-order valence-corrected chi connectivity index (χ3v) is 3.62. The van der Waals surface area contributed by atoms with Gasteiger partial charge in [-0.1, -0.05) is 0 Å². The van der Waals surface area contributed by atoms with Crippen molar-refractivity contribution in [1.82, 2.24) is 19.2 Å². The fraction of sp³-hybridized carbons (Fsp3) is 0.133. The van der Waals surface area contributed by atoms with Crippen LogP contribution >= 0.6 is 0 Å². The van der Waals surface area contributed by atoms with Crippen LogP contribution in [-0.4, -0.2) is 37.5 Å². The number of Topliss-reactive ketones (excluding diaryl/α,β-unsaturated/α-hetero) is 1. The molecule has 1 aromatic carbocycles. The van der Waals surface area contributed by atoms with Crippen molar-refractivity contribution in [3.63, 3.8) is 0 Å². The molecule has 4 rings (SSSR count). The van der Waals surface area contributed by atoms with E-state index in [9.17, 15) is 14.4 Å². The Morgan fingerprint density at radius 2 is 2.21 bits per heavy atom. The van der Waals surface area contributed by atoms with Gasteiger partial charge in [-0.2, -0.15) is 0 Å². The number of aromatic nitrogens is 4. The molecular formula is C15H11N5O4. The van der Waals surface area contributed by atoms with E-state index >= 15 is 0 Å². The third-order valence-electron chi connectivity index (χ3n) is 3.62. The van der Waals surface area contributed by atoms with E-state index in [0.717, 1.165) is 4.68 Å². The van der Waals surface area contributed by atoms with E-state index in [0.29, 0.717) is 22.6 Å². The highest BCUT2D eigenvalue weighted by molar-refractivity contribution is 6.00. The number of fused-ring (bicyclic) bond motifs is 2. The summed E-state index contributed by atoms with van der Waals surface area (Å²) in [6.45, 7) is -0.265. The van der Waals surface area contributed by atoms with Gasteiger partial charge in [-0.05, 0) is 18.2 Å². The van der Waals surface area contributed by atoms with Crippen molar-refractivity contribution in [3.8, 4) is 5.75 Å². The van der Waals surface area contributed by atoms with Crippen molar-refractivity contribution >= 4 is 23.0 Å². The second-order valence-electron chi connectivity index (χ2n) is 5.22. The highest BCUT2D eigenvalue weighted by Crippen LogP contribution is 2.28. The summed E-state index contributed by atoms with van der Waals surface area (Å²) in [7, 11) is 0. The Kier molecular flexibility index (Phi) is 3.12. The van der Waals surface area contributed by atoms with Crippen LogP contribution in [0, 0.1) is 0 Å². The minimum Gasteiger partial charge on any atom is -0.482 e. The van der Waals surface area contributed by atoms with Crippen LogP contribution in [0.5, 0.6) is 5.75 Å². The number of nitrogens with zero attached hydrogens (tertiary/aromatic N) is 4. The minimum absolute atomic E-state index is 0.0506. The second kappa shape index (κ2) is 5.30. The number of rotatable bonds is 3. The molecule has 3 aromatic rings. The van der Waals surface area contributed by atoms with Crippen LogP contribution < -0.4 is 15.7 Å². The lowest BCUT2D eigenvalue weighted by molar-refractivity contribution is -0.118. The van der Waals surface area contributed by atoms with Crippen LogP contribution in [0.3, 0.4) is 0 Å². The molecule has 0 bridgehead atoms. The van der Waals surface area contributed by atoms with E-state index < -0.39 is 5.69 Å². The van der Waals surface area contributed by atoms with Crippen LogP contribution in [0.4, 0.5) is 5.69 Å². The van der Waals surface area contributed by atoms with Gasteiger partial charge in [0.05, 0.1) is 11.9 Å². The van der Waals surface area contributed by atoms with Crippen LogP contribution in [0.25, 0.3) is 5.65 Å². The maximum atomic E-state index is 12.4. The smallest absolute Gasteiger partial charge is 0.350 e. The van der Waals surface area contributed by atoms with Crippen LogP contribution in [0.2, 0.25) is 0 Å². The highest BCUT2D eigenvalue weighted by Gasteiger charge is 2.19. The first-order chi connectivity index (χ1) is 11.6. The van der Waals surface area contributed by atoms with Crippen molar-refractivity contribution in [2.75, 3.05) is 11.9 Å².